The molecule has 1 fully saturated rings. The van der Waals surface area contributed by atoms with Gasteiger partial charge in [-0.1, -0.05) is 42.5 Å². The highest BCUT2D eigenvalue weighted by Gasteiger charge is 2.46. The Morgan fingerprint density at radius 1 is 0.900 bits per heavy atom. The second kappa shape index (κ2) is 10.7. The number of carbonyl (C=O) groups is 1. The van der Waals surface area contributed by atoms with Gasteiger partial charge < -0.3 is 11.1 Å². The highest BCUT2D eigenvalue weighted by Crippen LogP contribution is 2.30. The van der Waals surface area contributed by atoms with Gasteiger partial charge in [0.15, 0.2) is 0 Å². The number of amides is 1. The quantitative estimate of drug-likeness (QED) is 0.185. The Hall–Kier alpha value is -3.63. The minimum atomic E-state index is -4.34. The summed E-state index contributed by atoms with van der Waals surface area (Å²) in [6.07, 6.45) is -0.598. The summed E-state index contributed by atoms with van der Waals surface area (Å²) < 4.78 is 77.3. The van der Waals surface area contributed by atoms with Crippen LogP contribution in [0.2, 0.25) is 0 Å². The molecule has 212 valence electrons. The molecule has 0 aromatic heterocycles. The number of hydrogen-bond acceptors (Lipinski definition) is 8. The summed E-state index contributed by atoms with van der Waals surface area (Å²) in [5, 5.41) is 15.5. The van der Waals surface area contributed by atoms with Crippen LogP contribution < -0.4 is 20.9 Å². The number of anilines is 1. The van der Waals surface area contributed by atoms with Crippen LogP contribution in [0.5, 0.6) is 0 Å². The Morgan fingerprint density at radius 2 is 1.52 bits per heavy atom. The van der Waals surface area contributed by atoms with Crippen molar-refractivity contribution in [2.75, 3.05) is 16.8 Å². The van der Waals surface area contributed by atoms with Crippen LogP contribution in [0.3, 0.4) is 0 Å². The van der Waals surface area contributed by atoms with E-state index in [1.807, 2.05) is 0 Å². The average Bonchev–Trinajstić information content (AvgIpc) is 2.90. The molecule has 12 nitrogen and oxygen atoms in total. The fourth-order valence-electron chi connectivity index (χ4n) is 4.35. The van der Waals surface area contributed by atoms with Crippen molar-refractivity contribution < 1.29 is 30.0 Å². The molecule has 0 bridgehead atoms. The third-order valence-corrected chi connectivity index (χ3v) is 10.7. The van der Waals surface area contributed by atoms with E-state index in [0.29, 0.717) is 11.1 Å². The summed E-state index contributed by atoms with van der Waals surface area (Å²) in [6.45, 7) is 0. The van der Waals surface area contributed by atoms with Gasteiger partial charge in [-0.3, -0.25) is 10.2 Å². The Balaban J connectivity index is 1.63. The Kier molecular flexibility index (Phi) is 7.88. The van der Waals surface area contributed by atoms with Crippen molar-refractivity contribution in [3.8, 4) is 11.1 Å². The zero-order valence-electron chi connectivity index (χ0n) is 21.0. The summed E-state index contributed by atoms with van der Waals surface area (Å²) in [5.74, 6) is -1.91. The number of nitrogen functional groups attached to an aromatic ring is 1. The largest absolute Gasteiger partial charge is 0.384 e. The van der Waals surface area contributed by atoms with Crippen molar-refractivity contribution in [2.45, 2.75) is 28.2 Å². The van der Waals surface area contributed by atoms with Crippen molar-refractivity contribution in [3.05, 3.63) is 78.4 Å². The molecule has 0 saturated carbocycles. The van der Waals surface area contributed by atoms with E-state index in [-0.39, 0.29) is 39.7 Å². The van der Waals surface area contributed by atoms with Crippen LogP contribution in [0.4, 0.5) is 5.69 Å². The number of nitrogens with one attached hydrogen (secondary N) is 3. The minimum Gasteiger partial charge on any atom is -0.384 e. The van der Waals surface area contributed by atoms with E-state index in [2.05, 4.69) is 10.0 Å². The van der Waals surface area contributed by atoms with E-state index in [1.165, 1.54) is 42.5 Å². The first-order valence-electron chi connectivity index (χ1n) is 11.8. The lowest BCUT2D eigenvalue weighted by Gasteiger charge is -2.36. The second-order valence-electron chi connectivity index (χ2n) is 9.35. The van der Waals surface area contributed by atoms with Crippen LogP contribution in [-0.4, -0.2) is 54.0 Å². The molecule has 0 radical (unpaired) electrons. The number of nitrogens with two attached hydrogens (primary N) is 2. The fourth-order valence-corrected chi connectivity index (χ4v) is 8.10. The first-order valence-corrected chi connectivity index (χ1v) is 16.7. The topological polar surface area (TPSA) is 219 Å². The molecule has 0 spiro atoms. The van der Waals surface area contributed by atoms with Crippen molar-refractivity contribution in [3.63, 3.8) is 0 Å². The maximum absolute atomic E-state index is 13.5. The number of primary sulfonamides is 1. The van der Waals surface area contributed by atoms with Gasteiger partial charge in [0, 0.05) is 16.8 Å². The smallest absolute Gasteiger partial charge is 0.245 e. The van der Waals surface area contributed by atoms with E-state index in [0.717, 1.165) is 0 Å². The number of carbonyl (C=O) groups excluding carboxylic acids is 1. The average molecular weight is 606 g/mol. The van der Waals surface area contributed by atoms with Gasteiger partial charge in [0.05, 0.1) is 21.3 Å². The molecule has 3 aromatic rings. The highest BCUT2D eigenvalue weighted by molar-refractivity contribution is 7.91. The molecule has 4 rings (SSSR count). The summed E-state index contributed by atoms with van der Waals surface area (Å²) in [6, 6.07) is 17.6. The molecule has 0 aliphatic carbocycles. The predicted molar refractivity (Wildman–Crippen MR) is 150 cm³/mol. The lowest BCUT2D eigenvalue weighted by Crippen LogP contribution is -2.60. The molecular formula is C25H27N5O7S3. The minimum absolute atomic E-state index is 0.0718. The van der Waals surface area contributed by atoms with E-state index in [9.17, 15) is 30.0 Å². The van der Waals surface area contributed by atoms with Gasteiger partial charge in [-0.25, -0.2) is 30.4 Å². The molecule has 3 aromatic carbocycles. The van der Waals surface area contributed by atoms with Gasteiger partial charge in [0.25, 0.3) is 0 Å². The number of benzene rings is 3. The first-order chi connectivity index (χ1) is 18.6. The first kappa shape index (κ1) is 29.4. The van der Waals surface area contributed by atoms with Crippen LogP contribution in [0.15, 0.2) is 82.6 Å². The van der Waals surface area contributed by atoms with Crippen LogP contribution in [0.25, 0.3) is 11.1 Å². The molecular weight excluding hydrogens is 579 g/mol. The zero-order chi connectivity index (χ0) is 29.3. The molecule has 0 unspecified atom stereocenters. The van der Waals surface area contributed by atoms with Crippen LogP contribution in [-0.2, 0) is 34.7 Å². The standard InChI is InChI=1S/C25H27N5O7S3/c26-23(27)18-4-3-5-20(16-18)40(36,37)30-25(12-14-38(32,33)15-13-25)24(31)29-19-10-8-17(9-11-19)21-6-1-2-7-22(21)39(28,34)35/h1-11,16,30H,12-15H2,(H3,26,27)(H,29,31)(H2,28,34,35). The molecule has 7 N–H and O–H groups in total. The molecule has 40 heavy (non-hydrogen) atoms. The summed E-state index contributed by atoms with van der Waals surface area (Å²) in [5.41, 5.74) is 5.00. The molecule has 0 atom stereocenters. The van der Waals surface area contributed by atoms with E-state index in [4.69, 9.17) is 16.3 Å². The molecule has 1 aliphatic rings. The number of sulfone groups is 1. The summed E-state index contributed by atoms with van der Waals surface area (Å²) in [4.78, 5) is 13.2. The number of rotatable bonds is 8. The van der Waals surface area contributed by atoms with Gasteiger partial charge in [-0.05, 0) is 48.7 Å². The lowest BCUT2D eigenvalue weighted by molar-refractivity contribution is -0.122. The SMILES string of the molecule is N=C(N)c1cccc(S(=O)(=O)NC2(C(=O)Nc3ccc(-c4ccccc4S(N)(=O)=O)cc3)CCS(=O)(=O)CC2)c1. The predicted octanol–water partition coefficient (Wildman–Crippen LogP) is 1.15. The van der Waals surface area contributed by atoms with Crippen molar-refractivity contribution in [1.82, 2.24) is 4.72 Å². The summed E-state index contributed by atoms with van der Waals surface area (Å²) in [7, 11) is -11.8. The highest BCUT2D eigenvalue weighted by atomic mass is 32.2. The van der Waals surface area contributed by atoms with Crippen LogP contribution in [0.1, 0.15) is 18.4 Å². The maximum Gasteiger partial charge on any atom is 0.245 e. The molecule has 15 heteroatoms. The van der Waals surface area contributed by atoms with E-state index < -0.39 is 52.8 Å². The van der Waals surface area contributed by atoms with Crippen molar-refractivity contribution in [1.29, 1.82) is 5.41 Å². The second-order valence-corrected chi connectivity index (χ2v) is 14.9. The lowest BCUT2D eigenvalue weighted by atomic mass is 9.92. The molecule has 1 aliphatic heterocycles. The Bertz CT molecular complexity index is 1790. The molecule has 1 amide bonds. The van der Waals surface area contributed by atoms with Crippen LogP contribution >= 0.6 is 0 Å². The van der Waals surface area contributed by atoms with Gasteiger partial charge in [-0.15, -0.1) is 0 Å². The Labute approximate surface area is 232 Å². The van der Waals surface area contributed by atoms with E-state index in [1.54, 1.807) is 30.3 Å². The zero-order valence-corrected chi connectivity index (χ0v) is 23.4. The summed E-state index contributed by atoms with van der Waals surface area (Å²) >= 11 is 0. The van der Waals surface area contributed by atoms with Crippen molar-refractivity contribution >= 4 is 47.3 Å². The third-order valence-electron chi connectivity index (χ3n) is 6.55. The van der Waals surface area contributed by atoms with Gasteiger partial charge in [0.1, 0.15) is 21.2 Å². The van der Waals surface area contributed by atoms with Crippen LogP contribution in [0, 0.1) is 5.41 Å². The number of sulfonamides is 2. The third kappa shape index (κ3) is 6.39. The van der Waals surface area contributed by atoms with Gasteiger partial charge in [-0.2, -0.15) is 4.72 Å². The molecule has 1 heterocycles. The monoisotopic (exact) mass is 605 g/mol. The normalized spacial score (nSPS) is 16.6. The van der Waals surface area contributed by atoms with Gasteiger partial charge in [0.2, 0.25) is 26.0 Å². The number of hydrogen-bond donors (Lipinski definition) is 5. The van der Waals surface area contributed by atoms with Crippen molar-refractivity contribution in [2.24, 2.45) is 10.9 Å². The van der Waals surface area contributed by atoms with Gasteiger partial charge >= 0.3 is 0 Å². The fraction of sp³-hybridized carbons (Fsp3) is 0.200. The Morgan fingerprint density at radius 3 is 2.12 bits per heavy atom. The number of amidine groups is 1. The maximum atomic E-state index is 13.5. The molecule has 1 saturated heterocycles. The van der Waals surface area contributed by atoms with E-state index >= 15 is 0 Å².